The molecule has 0 amide bonds. The van der Waals surface area contributed by atoms with E-state index in [2.05, 4.69) is 5.32 Å². The minimum Gasteiger partial charge on any atom is -0.378 e. The average Bonchev–Trinajstić information content (AvgIpc) is 2.66. The van der Waals surface area contributed by atoms with Crippen molar-refractivity contribution < 1.29 is 17.9 Å². The van der Waals surface area contributed by atoms with Crippen LogP contribution in [0.3, 0.4) is 0 Å². The second-order valence-electron chi connectivity index (χ2n) is 6.99. The van der Waals surface area contributed by atoms with Gasteiger partial charge in [0.05, 0.1) is 23.8 Å². The van der Waals surface area contributed by atoms with Gasteiger partial charge in [-0.25, -0.2) is 0 Å². The molecule has 0 aliphatic carbocycles. The van der Waals surface area contributed by atoms with Crippen molar-refractivity contribution >= 4 is 5.69 Å². The first kappa shape index (κ1) is 17.4. The molecule has 2 aliphatic heterocycles. The number of hydrogen-bond donors (Lipinski definition) is 2. The lowest BCUT2D eigenvalue weighted by atomic mass is 9.76. The van der Waals surface area contributed by atoms with E-state index in [1.54, 1.807) is 0 Å². The summed E-state index contributed by atoms with van der Waals surface area (Å²) in [5.41, 5.74) is 7.52. The number of ether oxygens (including phenoxy) is 1. The summed E-state index contributed by atoms with van der Waals surface area (Å²) in [4.78, 5) is 0. The zero-order valence-corrected chi connectivity index (χ0v) is 14.2. The first-order chi connectivity index (χ1) is 12.5. The van der Waals surface area contributed by atoms with Gasteiger partial charge in [0.15, 0.2) is 0 Å². The fourth-order valence-electron chi connectivity index (χ4n) is 4.10. The third-order valence-electron chi connectivity index (χ3n) is 5.40. The first-order valence-corrected chi connectivity index (χ1v) is 8.85. The van der Waals surface area contributed by atoms with Crippen molar-refractivity contribution in [2.75, 3.05) is 11.9 Å². The predicted octanol–water partition coefficient (Wildman–Crippen LogP) is 4.67. The molecule has 2 aliphatic rings. The number of benzene rings is 2. The Morgan fingerprint density at radius 1 is 1.08 bits per heavy atom. The Balaban J connectivity index is 1.77. The molecule has 1 fully saturated rings. The highest BCUT2D eigenvalue weighted by atomic mass is 19.4. The number of halogens is 3. The molecule has 3 N–H and O–H groups in total. The molecule has 0 bridgehead atoms. The average molecular weight is 362 g/mol. The van der Waals surface area contributed by atoms with Gasteiger partial charge in [-0.3, -0.25) is 0 Å². The molecule has 4 rings (SSSR count). The lowest BCUT2D eigenvalue weighted by Gasteiger charge is -2.45. The SMILES string of the molecule is NC[C@@H]1CC[C@H]2[C@@H](c3ccccc3)Nc3ccc(C(F)(F)F)cc3[C@H]2O1. The number of nitrogens with two attached hydrogens (primary N) is 1. The van der Waals surface area contributed by atoms with Crippen LogP contribution < -0.4 is 11.1 Å². The zero-order chi connectivity index (χ0) is 18.3. The molecule has 0 saturated carbocycles. The van der Waals surface area contributed by atoms with Crippen molar-refractivity contribution in [1.82, 2.24) is 0 Å². The highest BCUT2D eigenvalue weighted by Gasteiger charge is 2.43. The van der Waals surface area contributed by atoms with Gasteiger partial charge in [-0.2, -0.15) is 13.2 Å². The van der Waals surface area contributed by atoms with Gasteiger partial charge in [0.1, 0.15) is 0 Å². The lowest BCUT2D eigenvalue weighted by molar-refractivity contribution is -0.138. The highest BCUT2D eigenvalue weighted by Crippen LogP contribution is 2.51. The summed E-state index contributed by atoms with van der Waals surface area (Å²) in [6.07, 6.45) is -3.21. The minimum atomic E-state index is -4.37. The van der Waals surface area contributed by atoms with Crippen molar-refractivity contribution in [3.8, 4) is 0 Å². The smallest absolute Gasteiger partial charge is 0.378 e. The third kappa shape index (κ3) is 3.08. The molecule has 0 radical (unpaired) electrons. The van der Waals surface area contributed by atoms with Crippen LogP contribution in [0.1, 0.15) is 41.7 Å². The monoisotopic (exact) mass is 362 g/mol. The van der Waals surface area contributed by atoms with E-state index in [1.807, 2.05) is 30.3 Å². The molecular weight excluding hydrogens is 341 g/mol. The van der Waals surface area contributed by atoms with Gasteiger partial charge in [-0.1, -0.05) is 30.3 Å². The van der Waals surface area contributed by atoms with Gasteiger partial charge in [0, 0.05) is 23.7 Å². The van der Waals surface area contributed by atoms with Gasteiger partial charge in [-0.15, -0.1) is 0 Å². The second-order valence-corrected chi connectivity index (χ2v) is 6.99. The second kappa shape index (κ2) is 6.59. The Morgan fingerprint density at radius 3 is 2.54 bits per heavy atom. The zero-order valence-electron chi connectivity index (χ0n) is 14.2. The molecule has 3 nitrogen and oxygen atoms in total. The van der Waals surface area contributed by atoms with E-state index >= 15 is 0 Å². The predicted molar refractivity (Wildman–Crippen MR) is 93.6 cm³/mol. The van der Waals surface area contributed by atoms with Crippen LogP contribution in [0.4, 0.5) is 18.9 Å². The Morgan fingerprint density at radius 2 is 1.85 bits per heavy atom. The number of anilines is 1. The van der Waals surface area contributed by atoms with Crippen LogP contribution >= 0.6 is 0 Å². The molecular formula is C20H21F3N2O. The molecule has 2 heterocycles. The topological polar surface area (TPSA) is 47.3 Å². The van der Waals surface area contributed by atoms with Crippen LogP contribution in [-0.2, 0) is 10.9 Å². The van der Waals surface area contributed by atoms with E-state index in [-0.39, 0.29) is 24.2 Å². The number of nitrogens with one attached hydrogen (secondary N) is 1. The van der Waals surface area contributed by atoms with Gasteiger partial charge < -0.3 is 15.8 Å². The quantitative estimate of drug-likeness (QED) is 0.816. The van der Waals surface area contributed by atoms with Gasteiger partial charge in [0.25, 0.3) is 0 Å². The van der Waals surface area contributed by atoms with Crippen LogP contribution in [0.25, 0.3) is 0 Å². The number of rotatable bonds is 2. The van der Waals surface area contributed by atoms with Crippen molar-refractivity contribution in [2.45, 2.75) is 37.3 Å². The largest absolute Gasteiger partial charge is 0.416 e. The van der Waals surface area contributed by atoms with Gasteiger partial charge in [0.2, 0.25) is 0 Å². The summed E-state index contributed by atoms with van der Waals surface area (Å²) >= 11 is 0. The summed E-state index contributed by atoms with van der Waals surface area (Å²) in [7, 11) is 0. The Bertz CT molecular complexity index is 778. The van der Waals surface area contributed by atoms with E-state index in [1.165, 1.54) is 12.1 Å². The first-order valence-electron chi connectivity index (χ1n) is 8.85. The Kier molecular flexibility index (Phi) is 4.40. The maximum atomic E-state index is 13.2. The molecule has 2 aromatic rings. The van der Waals surface area contributed by atoms with E-state index in [4.69, 9.17) is 10.5 Å². The molecule has 0 spiro atoms. The minimum absolute atomic E-state index is 0.00385. The molecule has 4 atom stereocenters. The Hall–Kier alpha value is -2.05. The van der Waals surface area contributed by atoms with Crippen LogP contribution in [0.15, 0.2) is 48.5 Å². The fourth-order valence-corrected chi connectivity index (χ4v) is 4.10. The van der Waals surface area contributed by atoms with Crippen LogP contribution in [0, 0.1) is 5.92 Å². The summed E-state index contributed by atoms with van der Waals surface area (Å²) in [5.74, 6) is 0.0659. The summed E-state index contributed by atoms with van der Waals surface area (Å²) < 4.78 is 45.7. The van der Waals surface area contributed by atoms with Crippen LogP contribution in [-0.4, -0.2) is 12.6 Å². The maximum absolute atomic E-state index is 13.2. The highest BCUT2D eigenvalue weighted by molar-refractivity contribution is 5.58. The molecule has 26 heavy (non-hydrogen) atoms. The number of alkyl halides is 3. The van der Waals surface area contributed by atoms with Crippen LogP contribution in [0.5, 0.6) is 0 Å². The van der Waals surface area contributed by atoms with Crippen molar-refractivity contribution in [3.63, 3.8) is 0 Å². The Labute approximate surface area is 150 Å². The number of fused-ring (bicyclic) bond motifs is 3. The van der Waals surface area contributed by atoms with E-state index in [0.717, 1.165) is 24.5 Å². The molecule has 0 aromatic heterocycles. The normalized spacial score (nSPS) is 28.0. The summed E-state index contributed by atoms with van der Waals surface area (Å²) in [6.45, 7) is 0.376. The maximum Gasteiger partial charge on any atom is 0.416 e. The molecule has 6 heteroatoms. The van der Waals surface area contributed by atoms with E-state index in [0.29, 0.717) is 17.8 Å². The molecule has 138 valence electrons. The summed E-state index contributed by atoms with van der Waals surface area (Å²) in [5, 5.41) is 3.45. The van der Waals surface area contributed by atoms with Crippen LogP contribution in [0.2, 0.25) is 0 Å². The van der Waals surface area contributed by atoms with E-state index in [9.17, 15) is 13.2 Å². The van der Waals surface area contributed by atoms with Gasteiger partial charge >= 0.3 is 6.18 Å². The van der Waals surface area contributed by atoms with Crippen molar-refractivity contribution in [1.29, 1.82) is 0 Å². The third-order valence-corrected chi connectivity index (χ3v) is 5.40. The number of hydrogen-bond acceptors (Lipinski definition) is 3. The summed E-state index contributed by atoms with van der Waals surface area (Å²) in [6, 6.07) is 13.8. The van der Waals surface area contributed by atoms with Gasteiger partial charge in [-0.05, 0) is 36.6 Å². The van der Waals surface area contributed by atoms with E-state index < -0.39 is 11.7 Å². The standard InChI is InChI=1S/C20H21F3N2O/c21-20(22,23)13-6-9-17-16(10-13)19-15(8-7-14(11-24)26-19)18(25-17)12-4-2-1-3-5-12/h1-6,9-10,14-15,18-19,25H,7-8,11,24H2/t14-,15-,18+,19-/m0/s1. The molecule has 0 unspecified atom stereocenters. The van der Waals surface area contributed by atoms with Crippen molar-refractivity contribution in [2.24, 2.45) is 11.7 Å². The molecule has 1 saturated heterocycles. The van der Waals surface area contributed by atoms with Crippen molar-refractivity contribution in [3.05, 3.63) is 65.2 Å². The lowest BCUT2D eigenvalue weighted by Crippen LogP contribution is -2.41. The fraction of sp³-hybridized carbons (Fsp3) is 0.400. The molecule has 2 aromatic carbocycles.